The minimum atomic E-state index is -5.01. The van der Waals surface area contributed by atoms with Crippen molar-refractivity contribution in [2.45, 2.75) is 6.18 Å². The number of rotatable bonds is 5. The molecule has 0 aliphatic carbocycles. The number of hydrogen-bond acceptors (Lipinski definition) is 3. The Morgan fingerprint density at radius 3 is 2.27 bits per heavy atom. The third-order valence-corrected chi connectivity index (χ3v) is 3.44. The molecule has 0 bridgehead atoms. The second-order valence-electron chi connectivity index (χ2n) is 4.94. The van der Waals surface area contributed by atoms with Gasteiger partial charge in [-0.25, -0.2) is 0 Å². The van der Waals surface area contributed by atoms with Gasteiger partial charge in [-0.1, -0.05) is 29.3 Å². The van der Waals surface area contributed by atoms with Crippen molar-refractivity contribution in [3.63, 3.8) is 0 Å². The first-order valence-electron chi connectivity index (χ1n) is 7.01. The van der Waals surface area contributed by atoms with Crippen molar-refractivity contribution in [2.24, 2.45) is 0 Å². The molecule has 0 saturated carbocycles. The van der Waals surface area contributed by atoms with Gasteiger partial charge in [0.2, 0.25) is 0 Å². The van der Waals surface area contributed by atoms with E-state index in [0.717, 1.165) is 0 Å². The number of carbonyl (C=O) groups excluding carboxylic acids is 2. The number of benzene rings is 2. The SMILES string of the molecule is O=C(COc1ccc(Cl)cc1Cl)Nc1cccc(NC(=O)C(F)(F)F)c1. The monoisotopic (exact) mass is 406 g/mol. The zero-order valence-corrected chi connectivity index (χ0v) is 14.4. The van der Waals surface area contributed by atoms with Gasteiger partial charge in [0.1, 0.15) is 5.75 Å². The molecule has 26 heavy (non-hydrogen) atoms. The van der Waals surface area contributed by atoms with E-state index in [2.05, 4.69) is 5.32 Å². The van der Waals surface area contributed by atoms with Crippen molar-refractivity contribution in [2.75, 3.05) is 17.2 Å². The van der Waals surface area contributed by atoms with Crippen molar-refractivity contribution >= 4 is 46.4 Å². The van der Waals surface area contributed by atoms with E-state index in [1.807, 2.05) is 0 Å². The van der Waals surface area contributed by atoms with E-state index in [1.54, 1.807) is 5.32 Å². The lowest BCUT2D eigenvalue weighted by Crippen LogP contribution is -2.30. The quantitative estimate of drug-likeness (QED) is 0.767. The van der Waals surface area contributed by atoms with Crippen LogP contribution < -0.4 is 15.4 Å². The molecule has 0 atom stereocenters. The van der Waals surface area contributed by atoms with Gasteiger partial charge in [0.25, 0.3) is 5.91 Å². The number of halogens is 5. The molecule has 0 aromatic heterocycles. The maximum atomic E-state index is 12.2. The summed E-state index contributed by atoms with van der Waals surface area (Å²) in [5.41, 5.74) is 0.0626. The molecule has 2 aromatic carbocycles. The normalized spacial score (nSPS) is 11.0. The molecule has 2 N–H and O–H groups in total. The van der Waals surface area contributed by atoms with E-state index in [-0.39, 0.29) is 28.8 Å². The van der Waals surface area contributed by atoms with Crippen LogP contribution in [0.25, 0.3) is 0 Å². The van der Waals surface area contributed by atoms with Crippen LogP contribution >= 0.6 is 23.2 Å². The highest BCUT2D eigenvalue weighted by Gasteiger charge is 2.38. The van der Waals surface area contributed by atoms with Crippen molar-refractivity contribution in [1.29, 1.82) is 0 Å². The summed E-state index contributed by atoms with van der Waals surface area (Å²) < 4.78 is 42.0. The number of nitrogens with one attached hydrogen (secondary N) is 2. The predicted octanol–water partition coefficient (Wildman–Crippen LogP) is 4.51. The molecule has 10 heteroatoms. The summed E-state index contributed by atoms with van der Waals surface area (Å²) >= 11 is 11.7. The minimum Gasteiger partial charge on any atom is -0.482 e. The van der Waals surface area contributed by atoms with E-state index in [0.29, 0.717) is 5.02 Å². The Bertz CT molecular complexity index is 829. The van der Waals surface area contributed by atoms with E-state index in [9.17, 15) is 22.8 Å². The average Bonchev–Trinajstić information content (AvgIpc) is 2.53. The Hall–Kier alpha value is -2.45. The molecular weight excluding hydrogens is 396 g/mol. The molecule has 0 fully saturated rings. The molecule has 0 spiro atoms. The molecule has 2 amide bonds. The molecule has 138 valence electrons. The first-order chi connectivity index (χ1) is 12.1. The predicted molar refractivity (Wildman–Crippen MR) is 91.7 cm³/mol. The average molecular weight is 407 g/mol. The fourth-order valence-electron chi connectivity index (χ4n) is 1.81. The second-order valence-corrected chi connectivity index (χ2v) is 5.79. The zero-order valence-electron chi connectivity index (χ0n) is 12.9. The molecule has 0 saturated heterocycles. The highest BCUT2D eigenvalue weighted by Crippen LogP contribution is 2.27. The Labute approximate surface area is 156 Å². The lowest BCUT2D eigenvalue weighted by molar-refractivity contribution is -0.167. The molecule has 0 unspecified atom stereocenters. The number of alkyl halides is 3. The van der Waals surface area contributed by atoms with Gasteiger partial charge >= 0.3 is 12.1 Å². The topological polar surface area (TPSA) is 67.4 Å². The van der Waals surface area contributed by atoms with Crippen LogP contribution in [0.3, 0.4) is 0 Å². The third kappa shape index (κ3) is 5.82. The molecule has 0 heterocycles. The maximum absolute atomic E-state index is 12.2. The summed E-state index contributed by atoms with van der Waals surface area (Å²) in [6.45, 7) is -0.388. The summed E-state index contributed by atoms with van der Waals surface area (Å²) in [4.78, 5) is 22.8. The van der Waals surface area contributed by atoms with Crippen molar-refractivity contribution in [1.82, 2.24) is 0 Å². The fraction of sp³-hybridized carbons (Fsp3) is 0.125. The van der Waals surface area contributed by atoms with Gasteiger partial charge in [-0.05, 0) is 36.4 Å². The van der Waals surface area contributed by atoms with Crippen molar-refractivity contribution in [3.8, 4) is 5.75 Å². The highest BCUT2D eigenvalue weighted by molar-refractivity contribution is 6.35. The smallest absolute Gasteiger partial charge is 0.471 e. The second kappa shape index (κ2) is 8.29. The Kier molecular flexibility index (Phi) is 6.33. The number of hydrogen-bond donors (Lipinski definition) is 2. The summed E-state index contributed by atoms with van der Waals surface area (Å²) in [7, 11) is 0. The highest BCUT2D eigenvalue weighted by atomic mass is 35.5. The summed E-state index contributed by atoms with van der Waals surface area (Å²) in [6.07, 6.45) is -5.01. The van der Waals surface area contributed by atoms with E-state index < -0.39 is 18.0 Å². The summed E-state index contributed by atoms with van der Waals surface area (Å²) in [6, 6.07) is 9.72. The van der Waals surface area contributed by atoms with Crippen LogP contribution in [0.1, 0.15) is 0 Å². The van der Waals surface area contributed by atoms with Crippen LogP contribution in [0.2, 0.25) is 10.0 Å². The lowest BCUT2D eigenvalue weighted by atomic mass is 10.2. The first kappa shape index (κ1) is 19.9. The molecule has 0 aliphatic heterocycles. The summed E-state index contributed by atoms with van der Waals surface area (Å²) in [5.74, 6) is -2.44. The molecule has 0 aliphatic rings. The van der Waals surface area contributed by atoms with Gasteiger partial charge in [-0.2, -0.15) is 13.2 Å². The number of carbonyl (C=O) groups is 2. The van der Waals surface area contributed by atoms with E-state index >= 15 is 0 Å². The van der Waals surface area contributed by atoms with E-state index in [4.69, 9.17) is 27.9 Å². The third-order valence-electron chi connectivity index (χ3n) is 2.91. The van der Waals surface area contributed by atoms with Crippen molar-refractivity contribution < 1.29 is 27.5 Å². The fourth-order valence-corrected chi connectivity index (χ4v) is 2.27. The van der Waals surface area contributed by atoms with Crippen LogP contribution in [0.4, 0.5) is 24.5 Å². The molecule has 2 rings (SSSR count). The molecule has 2 aromatic rings. The Balaban J connectivity index is 1.94. The van der Waals surface area contributed by atoms with Crippen LogP contribution in [0, 0.1) is 0 Å². The standard InChI is InChI=1S/C16H11Cl2F3N2O3/c17-9-4-5-13(12(18)6-9)26-8-14(24)22-10-2-1-3-11(7-10)23-15(25)16(19,20)21/h1-7H,8H2,(H,22,24)(H,23,25). The first-order valence-corrected chi connectivity index (χ1v) is 7.76. The summed E-state index contributed by atoms with van der Waals surface area (Å²) in [5, 5.41) is 4.75. The van der Waals surface area contributed by atoms with Crippen LogP contribution in [0.5, 0.6) is 5.75 Å². The molecular formula is C16H11Cl2F3N2O3. The van der Waals surface area contributed by atoms with Gasteiger partial charge in [0, 0.05) is 16.4 Å². The van der Waals surface area contributed by atoms with Crippen LogP contribution in [-0.4, -0.2) is 24.6 Å². The lowest BCUT2D eigenvalue weighted by Gasteiger charge is -2.11. The van der Waals surface area contributed by atoms with Gasteiger partial charge in [-0.3, -0.25) is 9.59 Å². The Morgan fingerprint density at radius 2 is 1.65 bits per heavy atom. The number of anilines is 2. The van der Waals surface area contributed by atoms with Crippen LogP contribution in [-0.2, 0) is 9.59 Å². The van der Waals surface area contributed by atoms with Gasteiger partial charge in [-0.15, -0.1) is 0 Å². The number of ether oxygens (including phenoxy) is 1. The van der Waals surface area contributed by atoms with Crippen molar-refractivity contribution in [3.05, 3.63) is 52.5 Å². The molecule has 0 radical (unpaired) electrons. The van der Waals surface area contributed by atoms with Gasteiger partial charge in [0.15, 0.2) is 6.61 Å². The van der Waals surface area contributed by atoms with Crippen LogP contribution in [0.15, 0.2) is 42.5 Å². The van der Waals surface area contributed by atoms with Gasteiger partial charge < -0.3 is 15.4 Å². The minimum absolute atomic E-state index is 0.119. The largest absolute Gasteiger partial charge is 0.482 e. The zero-order chi connectivity index (χ0) is 19.3. The number of amides is 2. The van der Waals surface area contributed by atoms with E-state index in [1.165, 1.54) is 42.5 Å². The Morgan fingerprint density at radius 1 is 1.00 bits per heavy atom. The maximum Gasteiger partial charge on any atom is 0.471 e. The molecule has 5 nitrogen and oxygen atoms in total. The van der Waals surface area contributed by atoms with Gasteiger partial charge in [0.05, 0.1) is 5.02 Å².